The highest BCUT2D eigenvalue weighted by Gasteiger charge is 2.33. The van der Waals surface area contributed by atoms with E-state index in [1.807, 2.05) is 25.1 Å². The lowest BCUT2D eigenvalue weighted by Gasteiger charge is -2.09. The van der Waals surface area contributed by atoms with Crippen LogP contribution in [0.1, 0.15) is 19.4 Å². The summed E-state index contributed by atoms with van der Waals surface area (Å²) in [7, 11) is 0. The lowest BCUT2D eigenvalue weighted by molar-refractivity contribution is -0.122. The number of ether oxygens (including phenoxy) is 1. The van der Waals surface area contributed by atoms with Crippen LogP contribution in [0.15, 0.2) is 27.6 Å². The van der Waals surface area contributed by atoms with Crippen LogP contribution in [0, 0.1) is 0 Å². The summed E-state index contributed by atoms with van der Waals surface area (Å²) in [6.45, 7) is 4.61. The second-order valence-corrected chi connectivity index (χ2v) is 5.95. The third kappa shape index (κ3) is 3.07. The molecule has 20 heavy (non-hydrogen) atoms. The molecule has 0 saturated carbocycles. The van der Waals surface area contributed by atoms with Gasteiger partial charge in [-0.25, -0.2) is 0 Å². The molecule has 1 aromatic carbocycles. The van der Waals surface area contributed by atoms with Gasteiger partial charge in [-0.3, -0.25) is 14.5 Å². The first-order valence-electron chi connectivity index (χ1n) is 6.24. The van der Waals surface area contributed by atoms with Gasteiger partial charge in [0.15, 0.2) is 0 Å². The van der Waals surface area contributed by atoms with Gasteiger partial charge in [0.05, 0.1) is 11.5 Å². The molecule has 1 aromatic rings. The van der Waals surface area contributed by atoms with Crippen LogP contribution in [0.4, 0.5) is 4.79 Å². The number of thioether (sulfide) groups is 1. The number of hydrogen-bond donors (Lipinski definition) is 0. The van der Waals surface area contributed by atoms with Crippen molar-refractivity contribution in [2.45, 2.75) is 13.8 Å². The van der Waals surface area contributed by atoms with Crippen molar-refractivity contribution in [3.8, 4) is 5.75 Å². The third-order valence-corrected chi connectivity index (χ3v) is 4.15. The Balaban J connectivity index is 2.38. The van der Waals surface area contributed by atoms with E-state index in [9.17, 15) is 9.59 Å². The molecule has 1 aliphatic heterocycles. The Hall–Kier alpha value is -1.27. The van der Waals surface area contributed by atoms with Crippen molar-refractivity contribution in [1.29, 1.82) is 0 Å². The number of rotatable bonds is 4. The summed E-state index contributed by atoms with van der Waals surface area (Å²) in [6, 6.07) is 5.58. The minimum absolute atomic E-state index is 0.225. The van der Waals surface area contributed by atoms with Crippen LogP contribution in [0.3, 0.4) is 0 Å². The van der Waals surface area contributed by atoms with Crippen molar-refractivity contribution < 1.29 is 14.3 Å². The summed E-state index contributed by atoms with van der Waals surface area (Å²) in [6.07, 6.45) is 1.70. The lowest BCUT2D eigenvalue weighted by atomic mass is 10.2. The normalized spacial score (nSPS) is 17.1. The molecule has 0 bridgehead atoms. The number of likely N-dealkylation sites (N-methyl/N-ethyl adjacent to an activating group) is 1. The van der Waals surface area contributed by atoms with Gasteiger partial charge in [-0.2, -0.15) is 0 Å². The van der Waals surface area contributed by atoms with Crippen molar-refractivity contribution in [3.63, 3.8) is 0 Å². The van der Waals surface area contributed by atoms with Crippen molar-refractivity contribution in [3.05, 3.63) is 33.1 Å². The maximum atomic E-state index is 12.1. The molecule has 0 unspecified atom stereocenters. The van der Waals surface area contributed by atoms with Gasteiger partial charge in [0.1, 0.15) is 5.75 Å². The summed E-state index contributed by atoms with van der Waals surface area (Å²) >= 11 is 4.36. The van der Waals surface area contributed by atoms with Crippen molar-refractivity contribution in [1.82, 2.24) is 4.90 Å². The van der Waals surface area contributed by atoms with Gasteiger partial charge in [0, 0.05) is 16.6 Å². The lowest BCUT2D eigenvalue weighted by Crippen LogP contribution is -2.27. The summed E-state index contributed by atoms with van der Waals surface area (Å²) in [5.41, 5.74) is 0.780. The molecular formula is C14H14BrNO3S. The fourth-order valence-electron chi connectivity index (χ4n) is 1.83. The molecule has 0 spiro atoms. The molecule has 0 atom stereocenters. The van der Waals surface area contributed by atoms with E-state index in [2.05, 4.69) is 15.9 Å². The van der Waals surface area contributed by atoms with E-state index in [0.29, 0.717) is 23.8 Å². The van der Waals surface area contributed by atoms with E-state index in [1.165, 1.54) is 4.90 Å². The maximum Gasteiger partial charge on any atom is 0.293 e. The molecule has 0 radical (unpaired) electrons. The molecule has 1 fully saturated rings. The van der Waals surface area contributed by atoms with Crippen LogP contribution in [-0.4, -0.2) is 29.2 Å². The highest BCUT2D eigenvalue weighted by Crippen LogP contribution is 2.34. The molecule has 2 rings (SSSR count). The van der Waals surface area contributed by atoms with E-state index >= 15 is 0 Å². The molecular weight excluding hydrogens is 342 g/mol. The maximum absolute atomic E-state index is 12.1. The van der Waals surface area contributed by atoms with Gasteiger partial charge in [0.2, 0.25) is 0 Å². The average Bonchev–Trinajstić information content (AvgIpc) is 2.67. The number of carbonyl (C=O) groups excluding carboxylic acids is 2. The molecule has 106 valence electrons. The fourth-order valence-corrected chi connectivity index (χ4v) is 3.11. The number of imide groups is 1. The summed E-state index contributed by atoms with van der Waals surface area (Å²) in [5, 5.41) is -0.225. The van der Waals surface area contributed by atoms with Crippen molar-refractivity contribution in [2.75, 3.05) is 13.2 Å². The number of benzene rings is 1. The van der Waals surface area contributed by atoms with E-state index in [-0.39, 0.29) is 11.1 Å². The molecule has 0 N–H and O–H groups in total. The monoisotopic (exact) mass is 355 g/mol. The smallest absolute Gasteiger partial charge is 0.293 e. The van der Waals surface area contributed by atoms with E-state index in [0.717, 1.165) is 21.8 Å². The number of hydrogen-bond acceptors (Lipinski definition) is 4. The van der Waals surface area contributed by atoms with Crippen LogP contribution < -0.4 is 4.74 Å². The summed E-state index contributed by atoms with van der Waals surface area (Å²) in [4.78, 5) is 25.4. The van der Waals surface area contributed by atoms with Crippen LogP contribution in [0.25, 0.3) is 6.08 Å². The van der Waals surface area contributed by atoms with Gasteiger partial charge < -0.3 is 4.74 Å². The first-order chi connectivity index (χ1) is 9.56. The minimum atomic E-state index is -0.245. The number of carbonyl (C=O) groups is 2. The van der Waals surface area contributed by atoms with Gasteiger partial charge in [-0.15, -0.1) is 0 Å². The number of nitrogens with zero attached hydrogens (tertiary/aromatic N) is 1. The van der Waals surface area contributed by atoms with Gasteiger partial charge in [0.25, 0.3) is 11.1 Å². The van der Waals surface area contributed by atoms with Crippen LogP contribution in [-0.2, 0) is 4.79 Å². The Bertz CT molecular complexity index is 586. The Labute approximate surface area is 130 Å². The standard InChI is InChI=1S/C14H14BrNO3S/c1-3-16-13(17)12(20-14(16)18)8-9-7-10(15)5-6-11(9)19-4-2/h5-8H,3-4H2,1-2H3. The molecule has 6 heteroatoms. The van der Waals surface area contributed by atoms with E-state index in [4.69, 9.17) is 4.74 Å². The largest absolute Gasteiger partial charge is 0.493 e. The van der Waals surface area contributed by atoms with Crippen molar-refractivity contribution >= 4 is 44.9 Å². The molecule has 4 nitrogen and oxygen atoms in total. The van der Waals surface area contributed by atoms with Crippen LogP contribution in [0.2, 0.25) is 0 Å². The topological polar surface area (TPSA) is 46.6 Å². The highest BCUT2D eigenvalue weighted by atomic mass is 79.9. The molecule has 1 heterocycles. The second-order valence-electron chi connectivity index (χ2n) is 4.04. The van der Waals surface area contributed by atoms with Gasteiger partial charge in [-0.1, -0.05) is 15.9 Å². The zero-order valence-electron chi connectivity index (χ0n) is 11.2. The van der Waals surface area contributed by atoms with Crippen LogP contribution >= 0.6 is 27.7 Å². The van der Waals surface area contributed by atoms with E-state index in [1.54, 1.807) is 13.0 Å². The first-order valence-corrected chi connectivity index (χ1v) is 7.85. The molecule has 1 saturated heterocycles. The Morgan fingerprint density at radius 2 is 2.10 bits per heavy atom. The van der Waals surface area contributed by atoms with Gasteiger partial charge >= 0.3 is 0 Å². The Kier molecular flexibility index (Phi) is 4.88. The highest BCUT2D eigenvalue weighted by molar-refractivity contribution is 9.10. The number of amides is 2. The van der Waals surface area contributed by atoms with Crippen molar-refractivity contribution in [2.24, 2.45) is 0 Å². The molecule has 0 aliphatic carbocycles. The van der Waals surface area contributed by atoms with Gasteiger partial charge in [-0.05, 0) is 49.9 Å². The molecule has 1 aliphatic rings. The zero-order chi connectivity index (χ0) is 14.7. The zero-order valence-corrected chi connectivity index (χ0v) is 13.6. The predicted molar refractivity (Wildman–Crippen MR) is 83.7 cm³/mol. The molecule has 2 amide bonds. The first kappa shape index (κ1) is 15.1. The predicted octanol–water partition coefficient (Wildman–Crippen LogP) is 3.90. The summed E-state index contributed by atoms with van der Waals surface area (Å²) < 4.78 is 6.42. The van der Waals surface area contributed by atoms with E-state index < -0.39 is 0 Å². The third-order valence-electron chi connectivity index (χ3n) is 2.75. The minimum Gasteiger partial charge on any atom is -0.493 e. The summed E-state index contributed by atoms with van der Waals surface area (Å²) in [5.74, 6) is 0.448. The Morgan fingerprint density at radius 1 is 1.35 bits per heavy atom. The number of halogens is 1. The second kappa shape index (κ2) is 6.45. The quantitative estimate of drug-likeness (QED) is 0.768. The molecule has 0 aromatic heterocycles. The average molecular weight is 356 g/mol. The van der Waals surface area contributed by atoms with Crippen LogP contribution in [0.5, 0.6) is 5.75 Å². The fraction of sp³-hybridized carbons (Fsp3) is 0.286. The Morgan fingerprint density at radius 3 is 2.70 bits per heavy atom. The SMILES string of the molecule is CCOc1ccc(Br)cc1C=C1SC(=O)N(CC)C1=O.